The van der Waals surface area contributed by atoms with Crippen LogP contribution in [0.4, 0.5) is 0 Å². The topological polar surface area (TPSA) is 69.5 Å². The van der Waals surface area contributed by atoms with Gasteiger partial charge < -0.3 is 9.47 Å². The molecule has 0 N–H and O–H groups in total. The summed E-state index contributed by atoms with van der Waals surface area (Å²) in [6.45, 7) is 5.41. The smallest absolute Gasteiger partial charge is 0.273 e. The van der Waals surface area contributed by atoms with Gasteiger partial charge in [-0.3, -0.25) is 9.69 Å². The van der Waals surface area contributed by atoms with E-state index in [2.05, 4.69) is 27.1 Å². The van der Waals surface area contributed by atoms with Gasteiger partial charge in [0.15, 0.2) is 5.82 Å². The van der Waals surface area contributed by atoms with Gasteiger partial charge in [-0.15, -0.1) is 0 Å². The van der Waals surface area contributed by atoms with Crippen LogP contribution in [0.25, 0.3) is 17.1 Å². The van der Waals surface area contributed by atoms with Gasteiger partial charge >= 0.3 is 0 Å². The molecule has 7 heteroatoms. The van der Waals surface area contributed by atoms with Gasteiger partial charge in [0, 0.05) is 37.5 Å². The Morgan fingerprint density at radius 3 is 2.74 bits per heavy atom. The normalized spacial score (nSPS) is 15.9. The first-order valence-corrected chi connectivity index (χ1v) is 10.9. The van der Waals surface area contributed by atoms with E-state index in [0.717, 1.165) is 74.7 Å². The maximum Gasteiger partial charge on any atom is 0.273 e. The number of aromatic nitrogens is 3. The van der Waals surface area contributed by atoms with E-state index in [-0.39, 0.29) is 5.56 Å². The zero-order chi connectivity index (χ0) is 21.0. The van der Waals surface area contributed by atoms with Crippen molar-refractivity contribution in [2.75, 3.05) is 39.5 Å². The summed E-state index contributed by atoms with van der Waals surface area (Å²) >= 11 is 0. The third-order valence-corrected chi connectivity index (χ3v) is 5.86. The van der Waals surface area contributed by atoms with E-state index in [4.69, 9.17) is 9.47 Å². The Labute approximate surface area is 181 Å². The Morgan fingerprint density at radius 1 is 1.03 bits per heavy atom. The van der Waals surface area contributed by atoms with Gasteiger partial charge in [-0.05, 0) is 60.7 Å². The monoisotopic (exact) mass is 418 g/mol. The van der Waals surface area contributed by atoms with Gasteiger partial charge in [0.25, 0.3) is 5.56 Å². The Bertz CT molecular complexity index is 1110. The van der Waals surface area contributed by atoms with Gasteiger partial charge in [0.1, 0.15) is 5.75 Å². The molecule has 31 heavy (non-hydrogen) atoms. The van der Waals surface area contributed by atoms with E-state index in [1.54, 1.807) is 18.3 Å². The lowest BCUT2D eigenvalue weighted by Crippen LogP contribution is -2.37. The number of rotatable bonds is 6. The van der Waals surface area contributed by atoms with Crippen molar-refractivity contribution in [1.29, 1.82) is 0 Å². The van der Waals surface area contributed by atoms with Crippen LogP contribution in [0.15, 0.2) is 53.5 Å². The highest BCUT2D eigenvalue weighted by atomic mass is 16.5. The predicted octanol–water partition coefficient (Wildman–Crippen LogP) is 2.49. The predicted molar refractivity (Wildman–Crippen MR) is 118 cm³/mol. The SMILES string of the molecule is O=c1cc2c(nn1-c1ccccn1)-c1ccc(OCCCN3CCOCC3)cc1CC2. The van der Waals surface area contributed by atoms with E-state index in [9.17, 15) is 4.79 Å². The molecule has 1 aromatic carbocycles. The number of benzene rings is 1. The number of pyridine rings is 1. The molecule has 0 saturated carbocycles. The minimum Gasteiger partial charge on any atom is -0.494 e. The van der Waals surface area contributed by atoms with Crippen LogP contribution in [0.2, 0.25) is 0 Å². The molecule has 160 valence electrons. The number of nitrogens with zero attached hydrogens (tertiary/aromatic N) is 4. The first kappa shape index (κ1) is 19.9. The van der Waals surface area contributed by atoms with Crippen LogP contribution < -0.4 is 10.3 Å². The highest BCUT2D eigenvalue weighted by Gasteiger charge is 2.20. The number of hydrogen-bond donors (Lipinski definition) is 0. The molecule has 5 rings (SSSR count). The van der Waals surface area contributed by atoms with Gasteiger partial charge in [0.2, 0.25) is 0 Å². The number of morpholine rings is 1. The average molecular weight is 418 g/mol. The molecule has 1 fully saturated rings. The highest BCUT2D eigenvalue weighted by Crippen LogP contribution is 2.33. The molecule has 0 radical (unpaired) electrons. The molecule has 0 spiro atoms. The molecule has 7 nitrogen and oxygen atoms in total. The Hall–Kier alpha value is -3.03. The second-order valence-corrected chi connectivity index (χ2v) is 7.93. The Kier molecular flexibility index (Phi) is 5.78. The number of ether oxygens (including phenoxy) is 2. The standard InChI is InChI=1S/C24H26N4O3/c29-23-17-19-6-5-18-16-20(31-13-3-10-27-11-14-30-15-12-27)7-8-21(18)24(19)26-28(23)22-4-1-2-9-25-22/h1-2,4,7-9,16-17H,3,5-6,10-15H2. The highest BCUT2D eigenvalue weighted by molar-refractivity contribution is 5.70. The van der Waals surface area contributed by atoms with Crippen molar-refractivity contribution in [2.24, 2.45) is 0 Å². The Balaban J connectivity index is 1.31. The summed E-state index contributed by atoms with van der Waals surface area (Å²) in [6, 6.07) is 13.3. The third kappa shape index (κ3) is 4.38. The fraction of sp³-hybridized carbons (Fsp3) is 0.375. The van der Waals surface area contributed by atoms with Gasteiger partial charge in [-0.1, -0.05) is 6.07 Å². The molecule has 3 heterocycles. The summed E-state index contributed by atoms with van der Waals surface area (Å²) in [5.74, 6) is 1.42. The summed E-state index contributed by atoms with van der Waals surface area (Å²) in [5, 5.41) is 4.67. The van der Waals surface area contributed by atoms with Crippen molar-refractivity contribution in [2.45, 2.75) is 19.3 Å². The molecule has 1 saturated heterocycles. The van der Waals surface area contributed by atoms with Crippen LogP contribution in [0.3, 0.4) is 0 Å². The number of hydrogen-bond acceptors (Lipinski definition) is 6. The number of aryl methyl sites for hydroxylation is 2. The fourth-order valence-electron chi connectivity index (χ4n) is 4.22. The van der Waals surface area contributed by atoms with E-state index < -0.39 is 0 Å². The lowest BCUT2D eigenvalue weighted by molar-refractivity contribution is 0.0358. The lowest BCUT2D eigenvalue weighted by Gasteiger charge is -2.26. The molecular weight excluding hydrogens is 392 g/mol. The average Bonchev–Trinajstić information content (AvgIpc) is 2.82. The van der Waals surface area contributed by atoms with Crippen molar-refractivity contribution < 1.29 is 9.47 Å². The maximum absolute atomic E-state index is 12.5. The lowest BCUT2D eigenvalue weighted by atomic mass is 9.89. The Morgan fingerprint density at radius 2 is 1.90 bits per heavy atom. The molecule has 0 amide bonds. The second-order valence-electron chi connectivity index (χ2n) is 7.93. The van der Waals surface area contributed by atoms with Crippen LogP contribution in [-0.2, 0) is 17.6 Å². The van der Waals surface area contributed by atoms with E-state index >= 15 is 0 Å². The van der Waals surface area contributed by atoms with Gasteiger partial charge in [0.05, 0.1) is 25.5 Å². The van der Waals surface area contributed by atoms with E-state index in [1.165, 1.54) is 10.2 Å². The molecule has 2 aromatic heterocycles. The molecule has 0 unspecified atom stereocenters. The molecule has 2 aliphatic rings. The molecule has 3 aromatic rings. The second kappa shape index (κ2) is 8.99. The van der Waals surface area contributed by atoms with Crippen molar-refractivity contribution in [3.8, 4) is 22.8 Å². The molecule has 1 aliphatic carbocycles. The van der Waals surface area contributed by atoms with Crippen molar-refractivity contribution in [1.82, 2.24) is 19.7 Å². The summed E-state index contributed by atoms with van der Waals surface area (Å²) in [7, 11) is 0. The zero-order valence-corrected chi connectivity index (χ0v) is 17.5. The zero-order valence-electron chi connectivity index (χ0n) is 17.5. The largest absolute Gasteiger partial charge is 0.494 e. The van der Waals surface area contributed by atoms with Crippen LogP contribution in [0.1, 0.15) is 17.5 Å². The van der Waals surface area contributed by atoms with Gasteiger partial charge in [-0.25, -0.2) is 4.98 Å². The van der Waals surface area contributed by atoms with Crippen LogP contribution >= 0.6 is 0 Å². The van der Waals surface area contributed by atoms with Gasteiger partial charge in [-0.2, -0.15) is 9.78 Å². The minimum absolute atomic E-state index is 0.152. The summed E-state index contributed by atoms with van der Waals surface area (Å²) in [4.78, 5) is 19.2. The maximum atomic E-state index is 12.5. The molecular formula is C24H26N4O3. The third-order valence-electron chi connectivity index (χ3n) is 5.86. The van der Waals surface area contributed by atoms with Crippen molar-refractivity contribution in [3.05, 3.63) is 70.1 Å². The molecule has 1 aliphatic heterocycles. The minimum atomic E-state index is -0.152. The molecule has 0 atom stereocenters. The van der Waals surface area contributed by atoms with Crippen molar-refractivity contribution >= 4 is 0 Å². The van der Waals surface area contributed by atoms with E-state index in [1.807, 2.05) is 18.2 Å². The summed E-state index contributed by atoms with van der Waals surface area (Å²) in [5.41, 5.74) is 3.96. The van der Waals surface area contributed by atoms with E-state index in [0.29, 0.717) is 12.4 Å². The van der Waals surface area contributed by atoms with Crippen LogP contribution in [0.5, 0.6) is 5.75 Å². The van der Waals surface area contributed by atoms with Crippen LogP contribution in [-0.4, -0.2) is 59.1 Å². The molecule has 0 bridgehead atoms. The number of fused-ring (bicyclic) bond motifs is 3. The summed E-state index contributed by atoms with van der Waals surface area (Å²) in [6.07, 6.45) is 4.34. The summed E-state index contributed by atoms with van der Waals surface area (Å²) < 4.78 is 12.8. The first-order valence-electron chi connectivity index (χ1n) is 10.9. The first-order chi connectivity index (χ1) is 15.3. The van der Waals surface area contributed by atoms with Crippen LogP contribution in [0, 0.1) is 0 Å². The van der Waals surface area contributed by atoms with Crippen molar-refractivity contribution in [3.63, 3.8) is 0 Å². The fourth-order valence-corrected chi connectivity index (χ4v) is 4.22. The quantitative estimate of drug-likeness (QED) is 0.573.